The smallest absolute Gasteiger partial charge is 0.320 e. The highest BCUT2D eigenvalue weighted by atomic mass is 32.1. The number of aliphatic carboxylic acids is 1. The lowest BCUT2D eigenvalue weighted by Crippen LogP contribution is -2.36. The number of aromatic nitrogens is 4. The summed E-state index contributed by atoms with van der Waals surface area (Å²) in [7, 11) is 0. The van der Waals surface area contributed by atoms with E-state index in [2.05, 4.69) is 20.2 Å². The Hall–Kier alpha value is -2.52. The molecule has 1 atom stereocenters. The quantitative estimate of drug-likeness (QED) is 0.653. The lowest BCUT2D eigenvalue weighted by molar-refractivity contribution is -0.142. The number of nitrogens with one attached hydrogen (secondary N) is 2. The van der Waals surface area contributed by atoms with Crippen LogP contribution in [0.5, 0.6) is 0 Å². The van der Waals surface area contributed by atoms with Gasteiger partial charge in [-0.05, 0) is 32.4 Å². The van der Waals surface area contributed by atoms with Crippen molar-refractivity contribution >= 4 is 27.5 Å². The molecule has 0 aliphatic carbocycles. The highest BCUT2D eigenvalue weighted by Crippen LogP contribution is 2.32. The minimum atomic E-state index is -0.825. The van der Waals surface area contributed by atoms with Crippen LogP contribution in [0.3, 0.4) is 0 Å². The van der Waals surface area contributed by atoms with Crippen LogP contribution in [0.25, 0.3) is 20.7 Å². The summed E-state index contributed by atoms with van der Waals surface area (Å²) in [6.07, 6.45) is 3.20. The molecule has 1 aliphatic rings. The lowest BCUT2D eigenvalue weighted by Gasteiger charge is -2.19. The van der Waals surface area contributed by atoms with Gasteiger partial charge in [0, 0.05) is 16.1 Å². The number of nitrogens with zero attached hydrogens (tertiary/aromatic N) is 3. The maximum Gasteiger partial charge on any atom is 0.320 e. The van der Waals surface area contributed by atoms with E-state index in [1.54, 1.807) is 6.20 Å². The number of H-pyrrole nitrogens is 2. The molecule has 0 amide bonds. The third kappa shape index (κ3) is 2.85. The maximum absolute atomic E-state index is 12.4. The number of carboxylic acid groups (broad SMARTS) is 1. The third-order valence-electron chi connectivity index (χ3n) is 4.53. The summed E-state index contributed by atoms with van der Waals surface area (Å²) in [5, 5.41) is 16.2. The third-order valence-corrected chi connectivity index (χ3v) is 5.69. The minimum absolute atomic E-state index is 0.191. The summed E-state index contributed by atoms with van der Waals surface area (Å²) >= 11 is 1.38. The molecular weight excluding hydrogens is 342 g/mol. The molecule has 1 unspecified atom stereocenters. The number of rotatable bonds is 4. The molecule has 1 fully saturated rings. The predicted molar refractivity (Wildman–Crippen MR) is 93.6 cm³/mol. The molecule has 4 rings (SSSR count). The standard InChI is InChI=1S/C16H17N5O3S/c1-8-9(6-17-20-8)12-5-10-14(25-12)15(22)19-13(18-10)7-21-4-2-3-11(21)16(23)24/h5-6,11H,2-4,7H2,1H3,(H,17,20)(H,23,24)(H,18,19,22). The van der Waals surface area contributed by atoms with Crippen molar-refractivity contribution < 1.29 is 9.90 Å². The van der Waals surface area contributed by atoms with E-state index in [4.69, 9.17) is 0 Å². The van der Waals surface area contributed by atoms with Gasteiger partial charge in [-0.1, -0.05) is 0 Å². The fourth-order valence-electron chi connectivity index (χ4n) is 3.28. The van der Waals surface area contributed by atoms with Crippen LogP contribution in [-0.4, -0.2) is 48.7 Å². The van der Waals surface area contributed by atoms with Gasteiger partial charge < -0.3 is 10.1 Å². The monoisotopic (exact) mass is 359 g/mol. The number of hydrogen-bond acceptors (Lipinski definition) is 6. The first-order valence-corrected chi connectivity index (χ1v) is 8.84. The average molecular weight is 359 g/mol. The van der Waals surface area contributed by atoms with Crippen molar-refractivity contribution in [2.24, 2.45) is 0 Å². The lowest BCUT2D eigenvalue weighted by atomic mass is 10.2. The van der Waals surface area contributed by atoms with E-state index in [0.29, 0.717) is 35.6 Å². The highest BCUT2D eigenvalue weighted by molar-refractivity contribution is 7.22. The molecule has 130 valence electrons. The Morgan fingerprint density at radius 2 is 2.36 bits per heavy atom. The van der Waals surface area contributed by atoms with Gasteiger partial charge in [0.25, 0.3) is 5.56 Å². The molecule has 3 aromatic heterocycles. The summed E-state index contributed by atoms with van der Waals surface area (Å²) < 4.78 is 0.565. The summed E-state index contributed by atoms with van der Waals surface area (Å²) in [6.45, 7) is 2.95. The fourth-order valence-corrected chi connectivity index (χ4v) is 4.34. The molecule has 25 heavy (non-hydrogen) atoms. The Balaban J connectivity index is 1.69. The zero-order valence-corrected chi connectivity index (χ0v) is 14.4. The van der Waals surface area contributed by atoms with E-state index in [1.807, 2.05) is 17.9 Å². The molecule has 1 saturated heterocycles. The molecule has 0 radical (unpaired) electrons. The van der Waals surface area contributed by atoms with Crippen LogP contribution in [-0.2, 0) is 11.3 Å². The van der Waals surface area contributed by atoms with Gasteiger partial charge in [-0.25, -0.2) is 4.98 Å². The van der Waals surface area contributed by atoms with Gasteiger partial charge in [-0.3, -0.25) is 19.6 Å². The van der Waals surface area contributed by atoms with Gasteiger partial charge >= 0.3 is 5.97 Å². The number of likely N-dealkylation sites (tertiary alicyclic amines) is 1. The SMILES string of the molecule is Cc1[nH]ncc1-c1cc2nc(CN3CCCC3C(=O)O)[nH]c(=O)c2s1. The Bertz CT molecular complexity index is 1000. The molecule has 4 heterocycles. The van der Waals surface area contributed by atoms with Crippen molar-refractivity contribution in [2.75, 3.05) is 6.54 Å². The Morgan fingerprint density at radius 3 is 3.08 bits per heavy atom. The molecular formula is C16H17N5O3S. The molecule has 0 bridgehead atoms. The molecule has 9 heteroatoms. The molecule has 0 aromatic carbocycles. The van der Waals surface area contributed by atoms with Gasteiger partial charge in [-0.2, -0.15) is 5.10 Å². The van der Waals surface area contributed by atoms with E-state index in [-0.39, 0.29) is 5.56 Å². The number of carbonyl (C=O) groups is 1. The van der Waals surface area contributed by atoms with Crippen LogP contribution in [0, 0.1) is 6.92 Å². The first-order valence-electron chi connectivity index (χ1n) is 8.03. The second-order valence-corrected chi connectivity index (χ2v) is 7.27. The van der Waals surface area contributed by atoms with Gasteiger partial charge in [0.2, 0.25) is 0 Å². The van der Waals surface area contributed by atoms with Gasteiger partial charge in [-0.15, -0.1) is 11.3 Å². The predicted octanol–water partition coefficient (Wildman–Crippen LogP) is 1.73. The van der Waals surface area contributed by atoms with E-state index in [0.717, 1.165) is 22.6 Å². The van der Waals surface area contributed by atoms with E-state index in [9.17, 15) is 14.7 Å². The zero-order valence-electron chi connectivity index (χ0n) is 13.6. The van der Waals surface area contributed by atoms with Crippen LogP contribution >= 0.6 is 11.3 Å². The average Bonchev–Trinajstić information content (AvgIpc) is 3.26. The van der Waals surface area contributed by atoms with Crippen molar-refractivity contribution in [3.63, 3.8) is 0 Å². The Labute approximate surface area is 146 Å². The number of carboxylic acids is 1. The van der Waals surface area contributed by atoms with E-state index < -0.39 is 12.0 Å². The van der Waals surface area contributed by atoms with Crippen molar-refractivity contribution in [2.45, 2.75) is 32.4 Å². The van der Waals surface area contributed by atoms with E-state index in [1.165, 1.54) is 11.3 Å². The van der Waals surface area contributed by atoms with Crippen LogP contribution in [0.15, 0.2) is 17.1 Å². The maximum atomic E-state index is 12.4. The first-order chi connectivity index (χ1) is 12.0. The second kappa shape index (κ2) is 6.08. The fraction of sp³-hybridized carbons (Fsp3) is 0.375. The number of thiophene rings is 1. The van der Waals surface area contributed by atoms with Crippen LogP contribution < -0.4 is 5.56 Å². The zero-order chi connectivity index (χ0) is 17.6. The van der Waals surface area contributed by atoms with Crippen LogP contribution in [0.1, 0.15) is 24.4 Å². The Morgan fingerprint density at radius 1 is 1.52 bits per heavy atom. The van der Waals surface area contributed by atoms with Crippen LogP contribution in [0.4, 0.5) is 0 Å². The number of aryl methyl sites for hydroxylation is 1. The number of aromatic amines is 2. The van der Waals surface area contributed by atoms with Crippen LogP contribution in [0.2, 0.25) is 0 Å². The van der Waals surface area contributed by atoms with Gasteiger partial charge in [0.05, 0.1) is 18.3 Å². The topological polar surface area (TPSA) is 115 Å². The van der Waals surface area contributed by atoms with Gasteiger partial charge in [0.1, 0.15) is 16.6 Å². The van der Waals surface area contributed by atoms with Crippen molar-refractivity contribution in [1.82, 2.24) is 25.1 Å². The highest BCUT2D eigenvalue weighted by Gasteiger charge is 2.30. The molecule has 1 aliphatic heterocycles. The Kier molecular flexibility index (Phi) is 3.89. The first kappa shape index (κ1) is 16.0. The summed E-state index contributed by atoms with van der Waals surface area (Å²) in [5.74, 6) is -0.326. The number of fused-ring (bicyclic) bond motifs is 1. The summed E-state index contributed by atoms with van der Waals surface area (Å²) in [5.41, 5.74) is 2.33. The molecule has 3 N–H and O–H groups in total. The van der Waals surface area contributed by atoms with Crippen molar-refractivity contribution in [3.05, 3.63) is 34.1 Å². The van der Waals surface area contributed by atoms with Gasteiger partial charge in [0.15, 0.2) is 0 Å². The number of hydrogen-bond donors (Lipinski definition) is 3. The second-order valence-electron chi connectivity index (χ2n) is 6.21. The summed E-state index contributed by atoms with van der Waals surface area (Å²) in [4.78, 5) is 33.8. The molecule has 0 spiro atoms. The molecule has 0 saturated carbocycles. The van der Waals surface area contributed by atoms with Crippen molar-refractivity contribution in [3.8, 4) is 10.4 Å². The van der Waals surface area contributed by atoms with E-state index >= 15 is 0 Å². The largest absolute Gasteiger partial charge is 0.480 e. The summed E-state index contributed by atoms with van der Waals surface area (Å²) in [6, 6.07) is 1.38. The minimum Gasteiger partial charge on any atom is -0.480 e. The normalized spacial score (nSPS) is 18.2. The molecule has 8 nitrogen and oxygen atoms in total. The van der Waals surface area contributed by atoms with Crippen molar-refractivity contribution in [1.29, 1.82) is 0 Å². The molecule has 3 aromatic rings.